The molecule has 1 heterocycles. The zero-order valence-electron chi connectivity index (χ0n) is 13.2. The van der Waals surface area contributed by atoms with Crippen LogP contribution in [-0.4, -0.2) is 17.1 Å². The number of nitrogens with one attached hydrogen (secondary N) is 2. The molecule has 3 aromatic rings. The summed E-state index contributed by atoms with van der Waals surface area (Å²) in [6.07, 6.45) is 1.72. The lowest BCUT2D eigenvalue weighted by atomic mass is 10.2. The first-order valence-corrected chi connectivity index (χ1v) is 8.25. The lowest BCUT2D eigenvalue weighted by Crippen LogP contribution is -2.06. The van der Waals surface area contributed by atoms with Crippen LogP contribution >= 0.6 is 15.9 Å². The molecule has 2 N–H and O–H groups in total. The Kier molecular flexibility index (Phi) is 5.28. The van der Waals surface area contributed by atoms with Crippen LogP contribution in [0.3, 0.4) is 0 Å². The van der Waals surface area contributed by atoms with Crippen molar-refractivity contribution in [3.63, 3.8) is 0 Å². The summed E-state index contributed by atoms with van der Waals surface area (Å²) >= 11 is 3.42. The molecule has 3 rings (SSSR count). The third-order valence-electron chi connectivity index (χ3n) is 3.40. The van der Waals surface area contributed by atoms with E-state index in [2.05, 4.69) is 36.5 Å². The number of rotatable bonds is 6. The number of para-hydroxylation sites is 1. The van der Waals surface area contributed by atoms with Crippen molar-refractivity contribution in [2.24, 2.45) is 0 Å². The molecule has 0 radical (unpaired) electrons. The van der Waals surface area contributed by atoms with Gasteiger partial charge in [0.15, 0.2) is 0 Å². The molecule has 0 atom stereocenters. The van der Waals surface area contributed by atoms with Crippen molar-refractivity contribution < 1.29 is 4.74 Å². The average Bonchev–Trinajstić information content (AvgIpc) is 2.62. The van der Waals surface area contributed by atoms with E-state index in [1.165, 1.54) is 0 Å². The van der Waals surface area contributed by atoms with Gasteiger partial charge in [-0.15, -0.1) is 0 Å². The predicted octanol–water partition coefficient (Wildman–Crippen LogP) is 4.60. The maximum absolute atomic E-state index is 5.35. The second kappa shape index (κ2) is 7.79. The Morgan fingerprint density at radius 1 is 1.04 bits per heavy atom. The van der Waals surface area contributed by atoms with Crippen LogP contribution in [0.25, 0.3) is 0 Å². The molecule has 0 aliphatic carbocycles. The Hall–Kier alpha value is -2.60. The summed E-state index contributed by atoms with van der Waals surface area (Å²) in [6, 6.07) is 17.6. The molecular formula is C18H17BrN4O. The highest BCUT2D eigenvalue weighted by molar-refractivity contribution is 9.10. The minimum absolute atomic E-state index is 0.558. The molecule has 0 spiro atoms. The minimum Gasteiger partial charge on any atom is -0.496 e. The normalized spacial score (nSPS) is 10.2. The number of aromatic nitrogens is 2. The van der Waals surface area contributed by atoms with Crippen LogP contribution in [0, 0.1) is 0 Å². The smallest absolute Gasteiger partial charge is 0.224 e. The summed E-state index contributed by atoms with van der Waals surface area (Å²) < 4.78 is 6.39. The second-order valence-electron chi connectivity index (χ2n) is 5.06. The van der Waals surface area contributed by atoms with Gasteiger partial charge in [0.2, 0.25) is 5.95 Å². The molecule has 0 amide bonds. The van der Waals surface area contributed by atoms with Gasteiger partial charge in [-0.25, -0.2) is 4.98 Å². The Labute approximate surface area is 149 Å². The molecule has 5 nitrogen and oxygen atoms in total. The molecule has 24 heavy (non-hydrogen) atoms. The molecule has 6 heteroatoms. The zero-order chi connectivity index (χ0) is 16.8. The number of halogens is 1. The summed E-state index contributed by atoms with van der Waals surface area (Å²) in [7, 11) is 1.66. The van der Waals surface area contributed by atoms with E-state index in [4.69, 9.17) is 4.74 Å². The van der Waals surface area contributed by atoms with Gasteiger partial charge in [0.25, 0.3) is 0 Å². The average molecular weight is 385 g/mol. The third-order valence-corrected chi connectivity index (χ3v) is 3.93. The molecule has 0 aliphatic rings. The number of anilines is 3. The predicted molar refractivity (Wildman–Crippen MR) is 99.8 cm³/mol. The Morgan fingerprint density at radius 3 is 2.62 bits per heavy atom. The van der Waals surface area contributed by atoms with Crippen LogP contribution in [0.4, 0.5) is 17.5 Å². The summed E-state index contributed by atoms with van der Waals surface area (Å²) in [5.41, 5.74) is 2.02. The quantitative estimate of drug-likeness (QED) is 0.649. The van der Waals surface area contributed by atoms with Crippen LogP contribution in [0.2, 0.25) is 0 Å². The van der Waals surface area contributed by atoms with Crippen molar-refractivity contribution in [2.75, 3.05) is 17.7 Å². The molecule has 0 aliphatic heterocycles. The number of methoxy groups -OCH3 is 1. The lowest BCUT2D eigenvalue weighted by molar-refractivity contribution is 0.410. The molecule has 0 bridgehead atoms. The number of ether oxygens (including phenoxy) is 1. The van der Waals surface area contributed by atoms with Crippen molar-refractivity contribution in [1.29, 1.82) is 0 Å². The largest absolute Gasteiger partial charge is 0.496 e. The van der Waals surface area contributed by atoms with Gasteiger partial charge in [-0.3, -0.25) is 0 Å². The van der Waals surface area contributed by atoms with Crippen molar-refractivity contribution in [2.45, 2.75) is 6.54 Å². The zero-order valence-corrected chi connectivity index (χ0v) is 14.7. The molecule has 122 valence electrons. The van der Waals surface area contributed by atoms with Gasteiger partial charge >= 0.3 is 0 Å². The molecule has 0 saturated carbocycles. The summed E-state index contributed by atoms with van der Waals surface area (Å²) in [5.74, 6) is 2.13. The second-order valence-corrected chi connectivity index (χ2v) is 5.98. The van der Waals surface area contributed by atoms with Crippen molar-refractivity contribution in [3.05, 3.63) is 70.8 Å². The van der Waals surface area contributed by atoms with Crippen LogP contribution in [-0.2, 0) is 6.54 Å². The van der Waals surface area contributed by atoms with Gasteiger partial charge in [-0.1, -0.05) is 34.1 Å². The molecule has 1 aromatic heterocycles. The van der Waals surface area contributed by atoms with Gasteiger partial charge in [0.05, 0.1) is 7.11 Å². The van der Waals surface area contributed by atoms with E-state index in [0.717, 1.165) is 27.3 Å². The van der Waals surface area contributed by atoms with Gasteiger partial charge in [0, 0.05) is 28.5 Å². The van der Waals surface area contributed by atoms with Gasteiger partial charge in [0.1, 0.15) is 11.6 Å². The third kappa shape index (κ3) is 4.23. The van der Waals surface area contributed by atoms with Crippen LogP contribution in [0.5, 0.6) is 5.75 Å². The topological polar surface area (TPSA) is 59.1 Å². The van der Waals surface area contributed by atoms with Gasteiger partial charge < -0.3 is 15.4 Å². The fraction of sp³-hybridized carbons (Fsp3) is 0.111. The number of hydrogen-bond donors (Lipinski definition) is 2. The fourth-order valence-corrected chi connectivity index (χ4v) is 2.48. The lowest BCUT2D eigenvalue weighted by Gasteiger charge is -2.10. The van der Waals surface area contributed by atoms with Crippen LogP contribution in [0.1, 0.15) is 5.56 Å². The number of nitrogens with zero attached hydrogens (tertiary/aromatic N) is 2. The highest BCUT2D eigenvalue weighted by Gasteiger charge is 2.04. The van der Waals surface area contributed by atoms with E-state index in [1.54, 1.807) is 13.3 Å². The minimum atomic E-state index is 0.558. The standard InChI is InChI=1S/C18H17BrN4O/c1-24-16-5-3-2-4-13(16)12-21-18-20-11-10-17(23-18)22-15-8-6-14(19)7-9-15/h2-11H,12H2,1H3,(H2,20,21,22,23). The number of hydrogen-bond acceptors (Lipinski definition) is 5. The first-order valence-electron chi connectivity index (χ1n) is 7.46. The Bertz CT molecular complexity index is 808. The maximum Gasteiger partial charge on any atom is 0.224 e. The van der Waals surface area contributed by atoms with Gasteiger partial charge in [-0.2, -0.15) is 4.98 Å². The highest BCUT2D eigenvalue weighted by Crippen LogP contribution is 2.20. The summed E-state index contributed by atoms with van der Waals surface area (Å²) in [4.78, 5) is 8.73. The molecule has 0 fully saturated rings. The maximum atomic E-state index is 5.35. The van der Waals surface area contributed by atoms with Crippen molar-refractivity contribution in [1.82, 2.24) is 9.97 Å². The summed E-state index contributed by atoms with van der Waals surface area (Å²) in [5, 5.41) is 6.48. The van der Waals surface area contributed by atoms with E-state index in [0.29, 0.717) is 12.5 Å². The first-order chi connectivity index (χ1) is 11.7. The van der Waals surface area contributed by atoms with Crippen LogP contribution < -0.4 is 15.4 Å². The van der Waals surface area contributed by atoms with Crippen molar-refractivity contribution >= 4 is 33.4 Å². The fourth-order valence-electron chi connectivity index (χ4n) is 2.22. The molecule has 2 aromatic carbocycles. The van der Waals surface area contributed by atoms with E-state index in [9.17, 15) is 0 Å². The first kappa shape index (κ1) is 16.3. The Balaban J connectivity index is 1.68. The molecule has 0 unspecified atom stereocenters. The van der Waals surface area contributed by atoms with Crippen LogP contribution in [0.15, 0.2) is 65.3 Å². The SMILES string of the molecule is COc1ccccc1CNc1nccc(Nc2ccc(Br)cc2)n1. The van der Waals surface area contributed by atoms with E-state index >= 15 is 0 Å². The molecule has 0 saturated heterocycles. The number of benzene rings is 2. The Morgan fingerprint density at radius 2 is 1.83 bits per heavy atom. The van der Waals surface area contributed by atoms with E-state index < -0.39 is 0 Å². The van der Waals surface area contributed by atoms with Gasteiger partial charge in [-0.05, 0) is 36.4 Å². The van der Waals surface area contributed by atoms with E-state index in [1.807, 2.05) is 54.6 Å². The van der Waals surface area contributed by atoms with Crippen molar-refractivity contribution in [3.8, 4) is 5.75 Å². The summed E-state index contributed by atoms with van der Waals surface area (Å²) in [6.45, 7) is 0.589. The highest BCUT2D eigenvalue weighted by atomic mass is 79.9. The molecular weight excluding hydrogens is 368 g/mol. The van der Waals surface area contributed by atoms with E-state index in [-0.39, 0.29) is 0 Å². The monoisotopic (exact) mass is 384 g/mol.